The van der Waals surface area contributed by atoms with E-state index in [-0.39, 0.29) is 18.4 Å². The Morgan fingerprint density at radius 1 is 1.08 bits per heavy atom. The van der Waals surface area contributed by atoms with Crippen LogP contribution in [-0.2, 0) is 20.7 Å². The van der Waals surface area contributed by atoms with Gasteiger partial charge in [-0.2, -0.15) is 0 Å². The van der Waals surface area contributed by atoms with Gasteiger partial charge in [-0.05, 0) is 55.4 Å². The van der Waals surface area contributed by atoms with Gasteiger partial charge < -0.3 is 24.4 Å². The quantitative estimate of drug-likeness (QED) is 0.478. The normalized spacial score (nSPS) is 19.4. The molecule has 2 aromatic carbocycles. The van der Waals surface area contributed by atoms with E-state index in [1.807, 2.05) is 30.3 Å². The van der Waals surface area contributed by atoms with Crippen molar-refractivity contribution in [2.45, 2.75) is 38.8 Å². The number of rotatable bonds is 8. The number of hydrogen-bond donors (Lipinski definition) is 1. The number of benzene rings is 2. The zero-order valence-electron chi connectivity index (χ0n) is 21.7. The number of aromatic amines is 1. The van der Waals surface area contributed by atoms with Gasteiger partial charge in [0.2, 0.25) is 11.8 Å². The Morgan fingerprint density at radius 3 is 2.51 bits per heavy atom. The van der Waals surface area contributed by atoms with Crippen molar-refractivity contribution in [2.24, 2.45) is 0 Å². The van der Waals surface area contributed by atoms with Crippen molar-refractivity contribution in [2.75, 3.05) is 39.8 Å². The predicted molar refractivity (Wildman–Crippen MR) is 141 cm³/mol. The molecule has 1 fully saturated rings. The van der Waals surface area contributed by atoms with E-state index in [1.165, 1.54) is 7.11 Å². The maximum atomic E-state index is 13.8. The summed E-state index contributed by atoms with van der Waals surface area (Å²) in [5.41, 5.74) is 4.28. The number of piperazine rings is 1. The molecule has 3 aromatic rings. The first-order chi connectivity index (χ1) is 18.0. The highest BCUT2D eigenvalue weighted by atomic mass is 16.5. The summed E-state index contributed by atoms with van der Waals surface area (Å²) < 4.78 is 4.84. The van der Waals surface area contributed by atoms with Crippen LogP contribution in [0.25, 0.3) is 10.9 Å². The topological polar surface area (TPSA) is 85.9 Å². The molecule has 8 heteroatoms. The SMILES string of the molecule is CCN(CC)CCCN1CC(=O)N2[C@H](c3ccc(C(=O)OC)cc3)c3[nH]c4ccccc4c3C[C@H]2C1=O. The van der Waals surface area contributed by atoms with Crippen molar-refractivity contribution in [1.82, 2.24) is 19.7 Å². The van der Waals surface area contributed by atoms with Crippen LogP contribution in [0.1, 0.15) is 53.5 Å². The number of carbonyl (C=O) groups excluding carboxylic acids is 3. The second kappa shape index (κ2) is 10.4. The van der Waals surface area contributed by atoms with Crippen LogP contribution in [-0.4, -0.2) is 83.3 Å². The van der Waals surface area contributed by atoms with Crippen LogP contribution in [0.3, 0.4) is 0 Å². The summed E-state index contributed by atoms with van der Waals surface area (Å²) in [6, 6.07) is 14.2. The van der Waals surface area contributed by atoms with Crippen molar-refractivity contribution in [3.05, 3.63) is 70.9 Å². The minimum atomic E-state index is -0.563. The smallest absolute Gasteiger partial charge is 0.337 e. The van der Waals surface area contributed by atoms with Gasteiger partial charge in [0, 0.05) is 29.6 Å². The fourth-order valence-corrected chi connectivity index (χ4v) is 5.80. The predicted octanol–water partition coefficient (Wildman–Crippen LogP) is 3.37. The minimum absolute atomic E-state index is 0.00580. The maximum absolute atomic E-state index is 13.8. The molecule has 5 rings (SSSR count). The van der Waals surface area contributed by atoms with Crippen LogP contribution in [0.15, 0.2) is 48.5 Å². The van der Waals surface area contributed by atoms with Crippen LogP contribution < -0.4 is 0 Å². The summed E-state index contributed by atoms with van der Waals surface area (Å²) in [5.74, 6) is -0.464. The Bertz CT molecular complexity index is 1310. The second-order valence-corrected chi connectivity index (χ2v) is 9.74. The van der Waals surface area contributed by atoms with Gasteiger partial charge >= 0.3 is 5.97 Å². The van der Waals surface area contributed by atoms with Crippen LogP contribution in [0.5, 0.6) is 0 Å². The van der Waals surface area contributed by atoms with Crippen molar-refractivity contribution < 1.29 is 19.1 Å². The molecule has 0 aliphatic carbocycles. The number of fused-ring (bicyclic) bond motifs is 4. The third-order valence-corrected chi connectivity index (χ3v) is 7.79. The zero-order chi connectivity index (χ0) is 26.1. The average Bonchev–Trinajstić information content (AvgIpc) is 3.30. The molecule has 0 unspecified atom stereocenters. The molecule has 1 saturated heterocycles. The van der Waals surface area contributed by atoms with E-state index in [4.69, 9.17) is 4.74 Å². The molecule has 2 aliphatic heterocycles. The molecule has 37 heavy (non-hydrogen) atoms. The summed E-state index contributed by atoms with van der Waals surface area (Å²) in [7, 11) is 1.35. The Morgan fingerprint density at radius 2 is 1.81 bits per heavy atom. The number of esters is 1. The van der Waals surface area contributed by atoms with Crippen LogP contribution in [0, 0.1) is 0 Å². The number of methoxy groups -OCH3 is 1. The van der Waals surface area contributed by atoms with Gasteiger partial charge in [0.05, 0.1) is 25.3 Å². The number of carbonyl (C=O) groups is 3. The lowest BCUT2D eigenvalue weighted by Gasteiger charge is -2.47. The number of ether oxygens (including phenoxy) is 1. The molecule has 3 heterocycles. The van der Waals surface area contributed by atoms with E-state index < -0.39 is 18.1 Å². The van der Waals surface area contributed by atoms with E-state index in [0.717, 1.165) is 53.8 Å². The molecule has 2 aliphatic rings. The summed E-state index contributed by atoms with van der Waals surface area (Å²) in [4.78, 5) is 48.8. The number of aromatic nitrogens is 1. The first-order valence-corrected chi connectivity index (χ1v) is 13.1. The fourth-order valence-electron chi connectivity index (χ4n) is 5.80. The van der Waals surface area contributed by atoms with Crippen molar-refractivity contribution in [3.63, 3.8) is 0 Å². The highest BCUT2D eigenvalue weighted by Gasteiger charge is 2.48. The summed E-state index contributed by atoms with van der Waals surface area (Å²) in [6.45, 7) is 7.77. The number of nitrogens with one attached hydrogen (secondary N) is 1. The standard InChI is InChI=1S/C29H34N4O4/c1-4-31(5-2)15-8-16-32-18-25(34)33-24(28(32)35)17-22-21-9-6-7-10-23(21)30-26(22)27(33)19-11-13-20(14-12-19)29(36)37-3/h6-7,9-14,24,27,30H,4-5,8,15-18H2,1-3H3/t24-,27+/m0/s1. The number of nitrogens with zero attached hydrogens (tertiary/aromatic N) is 3. The van der Waals surface area contributed by atoms with E-state index in [0.29, 0.717) is 18.5 Å². The molecule has 0 radical (unpaired) electrons. The Labute approximate surface area is 217 Å². The summed E-state index contributed by atoms with van der Waals surface area (Å²) in [6.07, 6.45) is 1.32. The minimum Gasteiger partial charge on any atom is -0.465 e. The summed E-state index contributed by atoms with van der Waals surface area (Å²) >= 11 is 0. The number of para-hydroxylation sites is 1. The average molecular weight is 503 g/mol. The zero-order valence-corrected chi connectivity index (χ0v) is 21.7. The van der Waals surface area contributed by atoms with Crippen molar-refractivity contribution in [3.8, 4) is 0 Å². The fraction of sp³-hybridized carbons (Fsp3) is 0.414. The summed E-state index contributed by atoms with van der Waals surface area (Å²) in [5, 5.41) is 1.08. The van der Waals surface area contributed by atoms with Crippen LogP contribution >= 0.6 is 0 Å². The number of hydrogen-bond acceptors (Lipinski definition) is 5. The molecule has 0 bridgehead atoms. The molecule has 0 spiro atoms. The van der Waals surface area contributed by atoms with Crippen molar-refractivity contribution >= 4 is 28.7 Å². The lowest BCUT2D eigenvalue weighted by Crippen LogP contribution is -2.63. The Hall–Kier alpha value is -3.65. The highest BCUT2D eigenvalue weighted by molar-refractivity contribution is 5.97. The van der Waals surface area contributed by atoms with Crippen LogP contribution in [0.4, 0.5) is 0 Å². The van der Waals surface area contributed by atoms with E-state index in [2.05, 4.69) is 29.8 Å². The molecule has 2 atom stereocenters. The molecule has 0 saturated carbocycles. The first kappa shape index (κ1) is 25.0. The third-order valence-electron chi connectivity index (χ3n) is 7.79. The molecule has 194 valence electrons. The van der Waals surface area contributed by atoms with Gasteiger partial charge in [0.25, 0.3) is 0 Å². The molecular formula is C29H34N4O4. The first-order valence-electron chi connectivity index (χ1n) is 13.1. The van der Waals surface area contributed by atoms with Gasteiger partial charge in [-0.1, -0.05) is 44.2 Å². The van der Waals surface area contributed by atoms with Crippen LogP contribution in [0.2, 0.25) is 0 Å². The molecular weight excluding hydrogens is 468 g/mol. The van der Waals surface area contributed by atoms with Gasteiger partial charge in [-0.3, -0.25) is 9.59 Å². The molecule has 1 aromatic heterocycles. The molecule has 1 N–H and O–H groups in total. The van der Waals surface area contributed by atoms with E-state index in [1.54, 1.807) is 21.9 Å². The lowest BCUT2D eigenvalue weighted by atomic mass is 9.86. The Kier molecular flexibility index (Phi) is 7.02. The highest BCUT2D eigenvalue weighted by Crippen LogP contribution is 2.42. The largest absolute Gasteiger partial charge is 0.465 e. The second-order valence-electron chi connectivity index (χ2n) is 9.74. The monoisotopic (exact) mass is 502 g/mol. The van der Waals surface area contributed by atoms with Gasteiger partial charge in [-0.25, -0.2) is 4.79 Å². The number of H-pyrrole nitrogens is 1. The maximum Gasteiger partial charge on any atom is 0.337 e. The van der Waals surface area contributed by atoms with Gasteiger partial charge in [0.15, 0.2) is 0 Å². The van der Waals surface area contributed by atoms with Gasteiger partial charge in [0.1, 0.15) is 6.04 Å². The third kappa shape index (κ3) is 4.50. The molecule has 2 amide bonds. The van der Waals surface area contributed by atoms with E-state index >= 15 is 0 Å². The van der Waals surface area contributed by atoms with E-state index in [9.17, 15) is 14.4 Å². The Balaban J connectivity index is 1.51. The lowest BCUT2D eigenvalue weighted by molar-refractivity contribution is -0.158. The number of amides is 2. The van der Waals surface area contributed by atoms with Gasteiger partial charge in [-0.15, -0.1) is 0 Å². The molecule has 8 nitrogen and oxygen atoms in total. The van der Waals surface area contributed by atoms with Crippen molar-refractivity contribution in [1.29, 1.82) is 0 Å².